The number of aromatic nitrogens is 4. The van der Waals surface area contributed by atoms with Crippen molar-refractivity contribution in [1.82, 2.24) is 35.1 Å². The molecule has 0 unspecified atom stereocenters. The Hall–Kier alpha value is -5.61. The summed E-state index contributed by atoms with van der Waals surface area (Å²) < 4.78 is 47.5. The molecule has 5 heterocycles. The molecule has 2 aromatic heterocycles. The summed E-state index contributed by atoms with van der Waals surface area (Å²) in [6.07, 6.45) is 3.94. The molecule has 0 spiro atoms. The maximum absolute atomic E-state index is 14.0. The first-order chi connectivity index (χ1) is 29.3. The van der Waals surface area contributed by atoms with Crippen molar-refractivity contribution in [2.24, 2.45) is 23.7 Å². The van der Waals surface area contributed by atoms with Crippen molar-refractivity contribution in [2.75, 3.05) is 40.5 Å². The van der Waals surface area contributed by atoms with Crippen molar-refractivity contribution < 1.29 is 42.1 Å². The number of imidazole rings is 2. The zero-order valence-corrected chi connectivity index (χ0v) is 35.2. The first kappa shape index (κ1) is 42.1. The number of hydrogen-bond acceptors (Lipinski definition) is 9. The van der Waals surface area contributed by atoms with E-state index in [1.165, 1.54) is 7.11 Å². The summed E-state index contributed by atoms with van der Waals surface area (Å²) in [5.41, 5.74) is 6.25. The third-order valence-corrected chi connectivity index (χ3v) is 12.0. The van der Waals surface area contributed by atoms with Crippen LogP contribution < -0.4 is 10.1 Å². The first-order valence-corrected chi connectivity index (χ1v) is 20.8. The smallest absolute Gasteiger partial charge is 0.407 e. The van der Waals surface area contributed by atoms with E-state index in [1.54, 1.807) is 18.4 Å². The van der Waals surface area contributed by atoms with Crippen LogP contribution >= 0.6 is 0 Å². The molecule has 3 aliphatic heterocycles. The number of likely N-dealkylation sites (tertiary alicyclic amines) is 2. The van der Waals surface area contributed by atoms with Crippen LogP contribution in [0.2, 0.25) is 0 Å². The number of benzene rings is 3. The molecule has 3 amide bonds. The summed E-state index contributed by atoms with van der Waals surface area (Å²) in [5, 5.41) is 4.46. The SMILES string of the molecule is COC[C@H]1C[C@@H](c2ncc(-c3ccc4c(c3)COc3cc5c(ccc6nc([C@@H]7C[C@H](COC(F)F)CN7C(=O)[C@@H](NC(=O)OC)C(C)C)[nH]c65)cc3-4)[nH]2)N(C(=O)[CH]C(C)C)C1. The van der Waals surface area contributed by atoms with E-state index < -0.39 is 24.8 Å². The third kappa shape index (κ3) is 8.52. The fourth-order valence-electron chi connectivity index (χ4n) is 9.09. The van der Waals surface area contributed by atoms with Crippen molar-refractivity contribution in [3.63, 3.8) is 0 Å². The number of nitrogens with one attached hydrogen (secondary N) is 3. The molecule has 5 aromatic rings. The minimum atomic E-state index is -2.94. The summed E-state index contributed by atoms with van der Waals surface area (Å²) in [6.45, 7) is 6.14. The average Bonchev–Trinajstić information content (AvgIpc) is 4.06. The fraction of sp³-hybridized carbons (Fsp3) is 0.467. The number of methoxy groups -OCH3 is 2. The second kappa shape index (κ2) is 17.4. The molecule has 0 saturated carbocycles. The molecule has 3 N–H and O–H groups in total. The van der Waals surface area contributed by atoms with Crippen LogP contribution in [0.25, 0.3) is 44.2 Å². The predicted molar refractivity (Wildman–Crippen MR) is 223 cm³/mol. The van der Waals surface area contributed by atoms with Gasteiger partial charge in [-0.2, -0.15) is 8.78 Å². The number of carbonyl (C=O) groups is 3. The van der Waals surface area contributed by atoms with Gasteiger partial charge in [-0.1, -0.05) is 45.9 Å². The van der Waals surface area contributed by atoms with Crippen LogP contribution in [-0.2, 0) is 30.4 Å². The van der Waals surface area contributed by atoms with Crippen molar-refractivity contribution in [2.45, 2.75) is 71.9 Å². The van der Waals surface area contributed by atoms with E-state index in [1.807, 2.05) is 57.0 Å². The summed E-state index contributed by atoms with van der Waals surface area (Å²) in [5.74, 6) is 1.31. The van der Waals surface area contributed by atoms with Gasteiger partial charge in [0.15, 0.2) is 0 Å². The largest absolute Gasteiger partial charge is 0.488 e. The highest BCUT2D eigenvalue weighted by atomic mass is 19.3. The minimum Gasteiger partial charge on any atom is -0.488 e. The molecule has 8 rings (SSSR count). The number of amides is 3. The quantitative estimate of drug-likeness (QED) is 0.109. The van der Waals surface area contributed by atoms with Gasteiger partial charge in [0.1, 0.15) is 30.0 Å². The van der Waals surface area contributed by atoms with Gasteiger partial charge >= 0.3 is 12.7 Å². The maximum atomic E-state index is 14.0. The predicted octanol–water partition coefficient (Wildman–Crippen LogP) is 7.57. The third-order valence-electron chi connectivity index (χ3n) is 12.0. The van der Waals surface area contributed by atoms with Gasteiger partial charge < -0.3 is 44.0 Å². The summed E-state index contributed by atoms with van der Waals surface area (Å²) >= 11 is 0. The van der Waals surface area contributed by atoms with Gasteiger partial charge in [0, 0.05) is 43.0 Å². The van der Waals surface area contributed by atoms with Gasteiger partial charge in [0.05, 0.1) is 61.8 Å². The Morgan fingerprint density at radius 1 is 0.934 bits per heavy atom. The van der Waals surface area contributed by atoms with Crippen molar-refractivity contribution in [3.8, 4) is 28.1 Å². The average molecular weight is 841 g/mol. The zero-order chi connectivity index (χ0) is 43.1. The summed E-state index contributed by atoms with van der Waals surface area (Å²) in [6, 6.07) is 12.6. The second-order valence-electron chi connectivity index (χ2n) is 17.0. The van der Waals surface area contributed by atoms with Gasteiger partial charge in [-0.15, -0.1) is 0 Å². The molecular formula is C45H52F2N7O7. The number of rotatable bonds is 13. The number of alkyl carbamates (subject to hydrolysis) is 1. The van der Waals surface area contributed by atoms with E-state index in [9.17, 15) is 23.2 Å². The number of fused-ring (bicyclic) bond motifs is 6. The van der Waals surface area contributed by atoms with Crippen LogP contribution in [0.3, 0.4) is 0 Å². The van der Waals surface area contributed by atoms with Crippen LogP contribution in [0.1, 0.15) is 69.8 Å². The van der Waals surface area contributed by atoms with E-state index in [0.717, 1.165) is 56.5 Å². The van der Waals surface area contributed by atoms with Crippen molar-refractivity contribution in [3.05, 3.63) is 72.3 Å². The number of H-pyrrole nitrogens is 2. The van der Waals surface area contributed by atoms with Crippen LogP contribution in [0.4, 0.5) is 13.6 Å². The lowest BCUT2D eigenvalue weighted by Crippen LogP contribution is -2.51. The topological polar surface area (TPSA) is 164 Å². The summed E-state index contributed by atoms with van der Waals surface area (Å²) in [7, 11) is 2.91. The lowest BCUT2D eigenvalue weighted by molar-refractivity contribution is -0.139. The summed E-state index contributed by atoms with van der Waals surface area (Å²) in [4.78, 5) is 59.6. The highest BCUT2D eigenvalue weighted by molar-refractivity contribution is 6.07. The Balaban J connectivity index is 1.06. The van der Waals surface area contributed by atoms with Crippen molar-refractivity contribution in [1.29, 1.82) is 0 Å². The number of halogens is 2. The van der Waals surface area contributed by atoms with Gasteiger partial charge in [0.25, 0.3) is 0 Å². The first-order valence-electron chi connectivity index (χ1n) is 20.8. The van der Waals surface area contributed by atoms with Crippen LogP contribution in [0, 0.1) is 30.1 Å². The fourth-order valence-corrected chi connectivity index (χ4v) is 9.09. The molecule has 0 aliphatic carbocycles. The molecule has 0 bridgehead atoms. The number of aromatic amines is 2. The maximum Gasteiger partial charge on any atom is 0.407 e. The molecule has 3 aliphatic rings. The van der Waals surface area contributed by atoms with Gasteiger partial charge in [-0.05, 0) is 71.0 Å². The van der Waals surface area contributed by atoms with E-state index in [4.69, 9.17) is 24.2 Å². The van der Waals surface area contributed by atoms with E-state index in [-0.39, 0.29) is 54.7 Å². The standard InChI is InChI=1S/C45H52F2N7O7/c1-23(2)11-38(55)53-18-25(20-58-5)12-35(53)41-48-17-34(50-41)28-7-9-30-29(14-28)22-60-37-16-31-27(15-32(30)37)8-10-33-40(31)51-42(49-33)36-13-26(21-61-44(46)47)19-54(36)43(56)39(24(3)4)52-45(57)59-6/h7-11,14-17,23-26,35-36,39,44H,12-13,18-22H2,1-6H3,(H,48,50)(H,49,51)(H,52,57)/t25-,26-,35-,36-,39-/m0/s1. The van der Waals surface area contributed by atoms with Gasteiger partial charge in [0.2, 0.25) is 11.8 Å². The number of ether oxygens (including phenoxy) is 4. The van der Waals surface area contributed by atoms with Gasteiger partial charge in [-0.25, -0.2) is 14.8 Å². The Bertz CT molecular complexity index is 2430. The Morgan fingerprint density at radius 3 is 2.41 bits per heavy atom. The number of hydrogen-bond donors (Lipinski definition) is 3. The van der Waals surface area contributed by atoms with Gasteiger partial charge in [-0.3, -0.25) is 9.59 Å². The molecule has 16 heteroatoms. The molecule has 323 valence electrons. The Labute approximate surface area is 352 Å². The molecule has 3 aromatic carbocycles. The normalized spacial score (nSPS) is 20.4. The lowest BCUT2D eigenvalue weighted by Gasteiger charge is -2.30. The van der Waals surface area contributed by atoms with E-state index >= 15 is 0 Å². The molecule has 14 nitrogen and oxygen atoms in total. The van der Waals surface area contributed by atoms with Crippen molar-refractivity contribution >= 4 is 39.7 Å². The highest BCUT2D eigenvalue weighted by Crippen LogP contribution is 2.44. The number of alkyl halides is 2. The number of nitrogens with zero attached hydrogens (tertiary/aromatic N) is 4. The second-order valence-corrected chi connectivity index (χ2v) is 17.0. The Kier molecular flexibility index (Phi) is 12.0. The Morgan fingerprint density at radius 2 is 1.69 bits per heavy atom. The van der Waals surface area contributed by atoms with E-state index in [2.05, 4.69) is 44.3 Å². The van der Waals surface area contributed by atoms with Crippen LogP contribution in [0.15, 0.2) is 48.7 Å². The molecule has 2 saturated heterocycles. The monoisotopic (exact) mass is 840 g/mol. The molecular weight excluding hydrogens is 789 g/mol. The molecule has 1 radical (unpaired) electrons. The van der Waals surface area contributed by atoms with Crippen LogP contribution in [-0.4, -0.2) is 101 Å². The van der Waals surface area contributed by atoms with Crippen LogP contribution in [0.5, 0.6) is 5.75 Å². The van der Waals surface area contributed by atoms with E-state index in [0.29, 0.717) is 43.3 Å². The zero-order valence-electron chi connectivity index (χ0n) is 35.2. The number of carbonyl (C=O) groups excluding carboxylic acids is 3. The highest BCUT2D eigenvalue weighted by Gasteiger charge is 2.42. The minimum absolute atomic E-state index is 0.00894. The lowest BCUT2D eigenvalue weighted by atomic mass is 9.92. The molecule has 5 atom stereocenters. The molecule has 61 heavy (non-hydrogen) atoms. The molecule has 2 fully saturated rings.